The van der Waals surface area contributed by atoms with E-state index in [0.29, 0.717) is 37.8 Å². The summed E-state index contributed by atoms with van der Waals surface area (Å²) in [7, 11) is 3.07. The van der Waals surface area contributed by atoms with Gasteiger partial charge in [0.1, 0.15) is 0 Å². The Morgan fingerprint density at radius 2 is 2.16 bits per heavy atom. The van der Waals surface area contributed by atoms with Crippen molar-refractivity contribution >= 4 is 11.8 Å². The first-order valence-corrected chi connectivity index (χ1v) is 9.94. The predicted octanol–water partition coefficient (Wildman–Crippen LogP) is 2.82. The van der Waals surface area contributed by atoms with Gasteiger partial charge in [-0.3, -0.25) is 4.99 Å². The second kappa shape index (κ2) is 10.7. The van der Waals surface area contributed by atoms with Crippen LogP contribution in [-0.2, 0) is 6.42 Å². The van der Waals surface area contributed by atoms with Gasteiger partial charge in [0.2, 0.25) is 0 Å². The first-order valence-electron chi connectivity index (χ1n) is 9.94. The fraction of sp³-hybridized carbons (Fsp3) is 0.429. The Hall–Kier alpha value is -3.17. The van der Waals surface area contributed by atoms with Gasteiger partial charge in [0, 0.05) is 38.9 Å². The molecule has 0 bridgehead atoms. The summed E-state index contributed by atoms with van der Waals surface area (Å²) in [6.07, 6.45) is 2.97. The number of alkyl halides is 2. The lowest BCUT2D eigenvalue weighted by atomic mass is 10.1. The van der Waals surface area contributed by atoms with E-state index in [-0.39, 0.29) is 23.4 Å². The van der Waals surface area contributed by atoms with Gasteiger partial charge in [-0.15, -0.1) is 0 Å². The summed E-state index contributed by atoms with van der Waals surface area (Å²) < 4.78 is 48.7. The van der Waals surface area contributed by atoms with Gasteiger partial charge < -0.3 is 25.0 Å². The summed E-state index contributed by atoms with van der Waals surface area (Å²) in [5.41, 5.74) is 0.817. The zero-order chi connectivity index (χ0) is 22.2. The molecule has 2 N–H and O–H groups in total. The number of aromatic nitrogens is 1. The summed E-state index contributed by atoms with van der Waals surface area (Å²) in [6, 6.07) is 8.01. The molecule has 2 aromatic rings. The van der Waals surface area contributed by atoms with Gasteiger partial charge in [0.05, 0.1) is 7.11 Å². The second-order valence-electron chi connectivity index (χ2n) is 7.00. The standard InChI is InChI=1S/C21H26F3N5O2/c1-25-21(28-15-8-11-29(13-15)19-16(22)4-3-9-26-19)27-10-7-14-5-6-17(30-2)18(12-14)31-20(23)24/h3-6,9,12,15,20H,7-8,10-11,13H2,1-2H3,(H2,25,27,28). The van der Waals surface area contributed by atoms with Gasteiger partial charge in [-0.25, -0.2) is 9.37 Å². The molecule has 0 spiro atoms. The topological polar surface area (TPSA) is 71.0 Å². The van der Waals surface area contributed by atoms with Gasteiger partial charge in [0.15, 0.2) is 29.1 Å². The Morgan fingerprint density at radius 1 is 1.32 bits per heavy atom. The molecular weight excluding hydrogens is 411 g/mol. The van der Waals surface area contributed by atoms with Gasteiger partial charge in [-0.1, -0.05) is 6.07 Å². The monoisotopic (exact) mass is 437 g/mol. The lowest BCUT2D eigenvalue weighted by Crippen LogP contribution is -2.45. The third-order valence-corrected chi connectivity index (χ3v) is 4.94. The van der Waals surface area contributed by atoms with E-state index in [0.717, 1.165) is 12.0 Å². The van der Waals surface area contributed by atoms with E-state index in [1.807, 2.05) is 4.90 Å². The summed E-state index contributed by atoms with van der Waals surface area (Å²) in [5.74, 6) is 0.900. The van der Waals surface area contributed by atoms with E-state index in [4.69, 9.17) is 4.74 Å². The lowest BCUT2D eigenvalue weighted by molar-refractivity contribution is -0.0512. The maximum absolute atomic E-state index is 14.0. The van der Waals surface area contributed by atoms with Crippen LogP contribution in [0.5, 0.6) is 11.5 Å². The van der Waals surface area contributed by atoms with Crippen LogP contribution < -0.4 is 25.0 Å². The Kier molecular flexibility index (Phi) is 7.80. The Labute approximate surface area is 179 Å². The molecular formula is C21H26F3N5O2. The Morgan fingerprint density at radius 3 is 2.87 bits per heavy atom. The van der Waals surface area contributed by atoms with Gasteiger partial charge in [0.25, 0.3) is 0 Å². The van der Waals surface area contributed by atoms with Gasteiger partial charge >= 0.3 is 6.61 Å². The Balaban J connectivity index is 1.50. The van der Waals surface area contributed by atoms with Crippen LogP contribution in [0, 0.1) is 5.82 Å². The molecule has 2 heterocycles. The van der Waals surface area contributed by atoms with Gasteiger partial charge in [-0.2, -0.15) is 8.78 Å². The van der Waals surface area contributed by atoms with E-state index in [1.54, 1.807) is 37.5 Å². The number of rotatable bonds is 8. The molecule has 7 nitrogen and oxygen atoms in total. The van der Waals surface area contributed by atoms with Crippen molar-refractivity contribution in [3.05, 3.63) is 47.9 Å². The molecule has 1 aliphatic heterocycles. The third kappa shape index (κ3) is 6.16. The molecule has 1 saturated heterocycles. The molecule has 0 radical (unpaired) electrons. The quantitative estimate of drug-likeness (QED) is 0.489. The highest BCUT2D eigenvalue weighted by molar-refractivity contribution is 5.80. The van der Waals surface area contributed by atoms with Crippen molar-refractivity contribution in [1.82, 2.24) is 15.6 Å². The zero-order valence-electron chi connectivity index (χ0n) is 17.4. The zero-order valence-corrected chi connectivity index (χ0v) is 17.4. The maximum Gasteiger partial charge on any atom is 0.387 e. The number of aliphatic imine (C=N–C) groups is 1. The number of methoxy groups -OCH3 is 1. The highest BCUT2D eigenvalue weighted by Crippen LogP contribution is 2.29. The number of ether oxygens (including phenoxy) is 2. The molecule has 0 saturated carbocycles. The SMILES string of the molecule is CN=C(NCCc1ccc(OC)c(OC(F)F)c1)NC1CCN(c2ncccc2F)C1. The van der Waals surface area contributed by atoms with E-state index in [2.05, 4.69) is 25.3 Å². The van der Waals surface area contributed by atoms with Crippen molar-refractivity contribution in [1.29, 1.82) is 0 Å². The van der Waals surface area contributed by atoms with Crippen molar-refractivity contribution in [3.8, 4) is 11.5 Å². The third-order valence-electron chi connectivity index (χ3n) is 4.94. The van der Waals surface area contributed by atoms with Crippen LogP contribution in [0.4, 0.5) is 19.0 Å². The van der Waals surface area contributed by atoms with Crippen LogP contribution in [0.15, 0.2) is 41.5 Å². The number of anilines is 1. The smallest absolute Gasteiger partial charge is 0.387 e. The summed E-state index contributed by atoms with van der Waals surface area (Å²) >= 11 is 0. The van der Waals surface area contributed by atoms with Crippen molar-refractivity contribution in [2.24, 2.45) is 4.99 Å². The van der Waals surface area contributed by atoms with Gasteiger partial charge in [-0.05, 0) is 42.7 Å². The van der Waals surface area contributed by atoms with Crippen molar-refractivity contribution < 1.29 is 22.6 Å². The molecule has 1 unspecified atom stereocenters. The highest BCUT2D eigenvalue weighted by Gasteiger charge is 2.25. The Bertz CT molecular complexity index is 897. The molecule has 168 valence electrons. The largest absolute Gasteiger partial charge is 0.493 e. The van der Waals surface area contributed by atoms with Crippen LogP contribution >= 0.6 is 0 Å². The first kappa shape index (κ1) is 22.5. The predicted molar refractivity (Wildman–Crippen MR) is 113 cm³/mol. The molecule has 1 aromatic carbocycles. The number of pyridine rings is 1. The normalized spacial score (nSPS) is 16.5. The van der Waals surface area contributed by atoms with Crippen LogP contribution in [0.1, 0.15) is 12.0 Å². The molecule has 0 aliphatic carbocycles. The maximum atomic E-state index is 14.0. The van der Waals surface area contributed by atoms with Crippen molar-refractivity contribution in [2.75, 3.05) is 38.7 Å². The molecule has 10 heteroatoms. The molecule has 1 aliphatic rings. The number of halogens is 3. The van der Waals surface area contributed by atoms with E-state index >= 15 is 0 Å². The van der Waals surface area contributed by atoms with Crippen molar-refractivity contribution in [2.45, 2.75) is 25.5 Å². The fourth-order valence-corrected chi connectivity index (χ4v) is 3.46. The molecule has 1 aromatic heterocycles. The fourth-order valence-electron chi connectivity index (χ4n) is 3.46. The van der Waals surface area contributed by atoms with Crippen molar-refractivity contribution in [3.63, 3.8) is 0 Å². The van der Waals surface area contributed by atoms with Crippen LogP contribution in [0.25, 0.3) is 0 Å². The minimum atomic E-state index is -2.92. The number of nitrogens with one attached hydrogen (secondary N) is 2. The summed E-state index contributed by atoms with van der Waals surface area (Å²) in [4.78, 5) is 10.3. The molecule has 1 fully saturated rings. The minimum Gasteiger partial charge on any atom is -0.493 e. The summed E-state index contributed by atoms with van der Waals surface area (Å²) in [5, 5.41) is 6.54. The average Bonchev–Trinajstić information content (AvgIpc) is 3.21. The second-order valence-corrected chi connectivity index (χ2v) is 7.00. The number of guanidine groups is 1. The van der Waals surface area contributed by atoms with E-state index in [9.17, 15) is 13.2 Å². The first-order chi connectivity index (χ1) is 15.0. The average molecular weight is 437 g/mol. The van der Waals surface area contributed by atoms with Crippen LogP contribution in [0.2, 0.25) is 0 Å². The number of nitrogens with zero attached hydrogens (tertiary/aromatic N) is 3. The van der Waals surface area contributed by atoms with E-state index < -0.39 is 6.61 Å². The molecule has 0 amide bonds. The number of benzene rings is 1. The molecule has 1 atom stereocenters. The molecule has 31 heavy (non-hydrogen) atoms. The minimum absolute atomic E-state index is 0.00491. The van der Waals surface area contributed by atoms with Crippen LogP contribution in [0.3, 0.4) is 0 Å². The van der Waals surface area contributed by atoms with E-state index in [1.165, 1.54) is 13.2 Å². The lowest BCUT2D eigenvalue weighted by Gasteiger charge is -2.20. The highest BCUT2D eigenvalue weighted by atomic mass is 19.3. The van der Waals surface area contributed by atoms with Crippen LogP contribution in [-0.4, -0.2) is 57.4 Å². The number of hydrogen-bond donors (Lipinski definition) is 2. The summed E-state index contributed by atoms with van der Waals surface area (Å²) in [6.45, 7) is -1.08. The molecule has 3 rings (SSSR count). The number of hydrogen-bond acceptors (Lipinski definition) is 5.